The molecule has 2 unspecified atom stereocenters. The van der Waals surface area contributed by atoms with E-state index in [2.05, 4.69) is 28.9 Å². The highest BCUT2D eigenvalue weighted by Crippen LogP contribution is 2.29. The number of hydrogen-bond donors (Lipinski definition) is 0. The van der Waals surface area contributed by atoms with E-state index in [4.69, 9.17) is 21.3 Å². The Kier molecular flexibility index (Phi) is 6.58. The summed E-state index contributed by atoms with van der Waals surface area (Å²) in [6.45, 7) is 6.40. The second-order valence-electron chi connectivity index (χ2n) is 8.98. The summed E-state index contributed by atoms with van der Waals surface area (Å²) in [5, 5.41) is 10.3. The largest absolute Gasteiger partial charge is 0.377 e. The molecule has 0 saturated carbocycles. The molecule has 5 rings (SSSR count). The number of amides is 1. The molecule has 0 bridgehead atoms. The van der Waals surface area contributed by atoms with Crippen molar-refractivity contribution in [2.75, 3.05) is 31.6 Å². The molecule has 0 aliphatic carbocycles. The molecule has 2 aromatic carbocycles. The fourth-order valence-electron chi connectivity index (χ4n) is 4.99. The number of ether oxygens (including phenoxy) is 1. The number of fused-ring (bicyclic) bond motifs is 3. The van der Waals surface area contributed by atoms with Gasteiger partial charge < -0.3 is 14.5 Å². The minimum Gasteiger partial charge on any atom is -0.377 e. The van der Waals surface area contributed by atoms with Crippen molar-refractivity contribution in [1.82, 2.24) is 24.5 Å². The van der Waals surface area contributed by atoms with E-state index in [1.54, 1.807) is 7.11 Å². The first-order chi connectivity index (χ1) is 17.0. The highest BCUT2D eigenvalue weighted by atomic mass is 35.5. The maximum atomic E-state index is 13.5. The van der Waals surface area contributed by atoms with Crippen molar-refractivity contribution < 1.29 is 9.53 Å². The predicted molar refractivity (Wildman–Crippen MR) is 137 cm³/mol. The average Bonchev–Trinajstić information content (AvgIpc) is 3.28. The first kappa shape index (κ1) is 23.5. The molecule has 3 heterocycles. The van der Waals surface area contributed by atoms with E-state index >= 15 is 0 Å². The van der Waals surface area contributed by atoms with E-state index in [-0.39, 0.29) is 17.9 Å². The van der Waals surface area contributed by atoms with Crippen LogP contribution in [0, 0.1) is 0 Å². The molecule has 1 aliphatic heterocycles. The third-order valence-electron chi connectivity index (χ3n) is 6.73. The summed E-state index contributed by atoms with van der Waals surface area (Å²) in [4.78, 5) is 22.7. The number of nitrogens with zero attached hydrogens (tertiary/aromatic N) is 6. The lowest BCUT2D eigenvalue weighted by atomic mass is 9.94. The Hall–Kier alpha value is -3.23. The van der Waals surface area contributed by atoms with Crippen molar-refractivity contribution in [1.29, 1.82) is 0 Å². The fourth-order valence-corrected chi connectivity index (χ4v) is 5.15. The summed E-state index contributed by atoms with van der Waals surface area (Å²) < 4.78 is 7.34. The SMILES string of the molecule is CCC(C(=O)N1CCN(c2nc3cc(Cl)ccc3c3nnc(COC)n23)CC1C)c1ccccc1. The fraction of sp³-hybridized carbons (Fsp3) is 0.385. The van der Waals surface area contributed by atoms with Crippen molar-refractivity contribution in [2.45, 2.75) is 38.8 Å². The number of anilines is 1. The maximum absolute atomic E-state index is 13.5. The molecule has 0 spiro atoms. The van der Waals surface area contributed by atoms with Crippen LogP contribution in [0.15, 0.2) is 48.5 Å². The molecule has 2 atom stereocenters. The molecule has 35 heavy (non-hydrogen) atoms. The highest BCUT2D eigenvalue weighted by molar-refractivity contribution is 6.31. The minimum absolute atomic E-state index is 0.0169. The van der Waals surface area contributed by atoms with Gasteiger partial charge in [-0.2, -0.15) is 0 Å². The summed E-state index contributed by atoms with van der Waals surface area (Å²) in [6.07, 6.45) is 0.768. The van der Waals surface area contributed by atoms with E-state index < -0.39 is 0 Å². The average molecular weight is 493 g/mol. The molecule has 9 heteroatoms. The van der Waals surface area contributed by atoms with Gasteiger partial charge in [0.05, 0.1) is 11.4 Å². The number of aromatic nitrogens is 4. The Labute approximate surface area is 209 Å². The van der Waals surface area contributed by atoms with Gasteiger partial charge in [-0.1, -0.05) is 48.9 Å². The highest BCUT2D eigenvalue weighted by Gasteiger charge is 2.33. The summed E-state index contributed by atoms with van der Waals surface area (Å²) in [7, 11) is 1.64. The van der Waals surface area contributed by atoms with Gasteiger partial charge in [-0.25, -0.2) is 9.38 Å². The van der Waals surface area contributed by atoms with Crippen LogP contribution in [0.2, 0.25) is 5.02 Å². The quantitative estimate of drug-likeness (QED) is 0.399. The third-order valence-corrected chi connectivity index (χ3v) is 6.96. The second-order valence-corrected chi connectivity index (χ2v) is 9.42. The lowest BCUT2D eigenvalue weighted by molar-refractivity contribution is -0.135. The van der Waals surface area contributed by atoms with Crippen LogP contribution < -0.4 is 4.90 Å². The van der Waals surface area contributed by atoms with Gasteiger partial charge in [0.1, 0.15) is 6.61 Å². The Morgan fingerprint density at radius 1 is 1.17 bits per heavy atom. The number of halogens is 1. The van der Waals surface area contributed by atoms with Gasteiger partial charge in [-0.05, 0) is 37.1 Å². The number of methoxy groups -OCH3 is 1. The zero-order valence-electron chi connectivity index (χ0n) is 20.2. The van der Waals surface area contributed by atoms with Gasteiger partial charge in [0, 0.05) is 43.2 Å². The topological polar surface area (TPSA) is 75.9 Å². The van der Waals surface area contributed by atoms with Crippen LogP contribution in [0.5, 0.6) is 0 Å². The Morgan fingerprint density at radius 3 is 2.69 bits per heavy atom. The number of carbonyl (C=O) groups excluding carboxylic acids is 1. The number of piperazine rings is 1. The van der Waals surface area contributed by atoms with E-state index in [9.17, 15) is 4.79 Å². The Morgan fingerprint density at radius 2 is 1.97 bits per heavy atom. The number of hydrogen-bond acceptors (Lipinski definition) is 6. The van der Waals surface area contributed by atoms with Crippen molar-refractivity contribution in [3.63, 3.8) is 0 Å². The van der Waals surface area contributed by atoms with Crippen LogP contribution >= 0.6 is 11.6 Å². The van der Waals surface area contributed by atoms with Crippen LogP contribution in [-0.4, -0.2) is 63.2 Å². The summed E-state index contributed by atoms with van der Waals surface area (Å²) in [5.74, 6) is 1.46. The van der Waals surface area contributed by atoms with Crippen LogP contribution in [0.1, 0.15) is 37.6 Å². The molecular formula is C26H29ClN6O2. The van der Waals surface area contributed by atoms with E-state index in [0.717, 1.165) is 34.5 Å². The maximum Gasteiger partial charge on any atom is 0.230 e. The van der Waals surface area contributed by atoms with Gasteiger partial charge >= 0.3 is 0 Å². The van der Waals surface area contributed by atoms with Gasteiger partial charge in [-0.15, -0.1) is 10.2 Å². The molecule has 8 nitrogen and oxygen atoms in total. The van der Waals surface area contributed by atoms with Gasteiger partial charge in [0.15, 0.2) is 11.5 Å². The summed E-state index contributed by atoms with van der Waals surface area (Å²) >= 11 is 6.27. The molecule has 0 N–H and O–H groups in total. The van der Waals surface area contributed by atoms with Crippen LogP contribution in [-0.2, 0) is 16.1 Å². The summed E-state index contributed by atoms with van der Waals surface area (Å²) in [6, 6.07) is 15.7. The molecule has 1 fully saturated rings. The Balaban J connectivity index is 1.47. The Bertz CT molecular complexity index is 1360. The monoisotopic (exact) mass is 492 g/mol. The van der Waals surface area contributed by atoms with Gasteiger partial charge in [0.2, 0.25) is 11.9 Å². The van der Waals surface area contributed by atoms with E-state index in [1.807, 2.05) is 57.8 Å². The molecule has 0 radical (unpaired) electrons. The summed E-state index contributed by atoms with van der Waals surface area (Å²) in [5.41, 5.74) is 2.55. The second kappa shape index (κ2) is 9.79. The van der Waals surface area contributed by atoms with Crippen LogP contribution in [0.4, 0.5) is 5.95 Å². The first-order valence-electron chi connectivity index (χ1n) is 11.9. The molecule has 2 aromatic heterocycles. The van der Waals surface area contributed by atoms with Crippen molar-refractivity contribution in [3.8, 4) is 0 Å². The van der Waals surface area contributed by atoms with E-state index in [0.29, 0.717) is 37.1 Å². The number of rotatable bonds is 6. The molecule has 182 valence electrons. The zero-order chi connectivity index (χ0) is 24.5. The van der Waals surface area contributed by atoms with Crippen LogP contribution in [0.25, 0.3) is 16.6 Å². The van der Waals surface area contributed by atoms with Crippen molar-refractivity contribution in [2.24, 2.45) is 0 Å². The van der Waals surface area contributed by atoms with Crippen LogP contribution in [0.3, 0.4) is 0 Å². The van der Waals surface area contributed by atoms with Gasteiger partial charge in [0.25, 0.3) is 0 Å². The molecule has 1 saturated heterocycles. The lowest BCUT2D eigenvalue weighted by Gasteiger charge is -2.41. The first-order valence-corrected chi connectivity index (χ1v) is 12.3. The lowest BCUT2D eigenvalue weighted by Crippen LogP contribution is -2.55. The van der Waals surface area contributed by atoms with Crippen molar-refractivity contribution >= 4 is 40.0 Å². The third kappa shape index (κ3) is 4.32. The normalized spacial score (nSPS) is 17.3. The smallest absolute Gasteiger partial charge is 0.230 e. The molecule has 1 aliphatic rings. The predicted octanol–water partition coefficient (Wildman–Crippen LogP) is 4.31. The minimum atomic E-state index is -0.135. The standard InChI is InChI=1S/C26H29ClN6O2/c1-4-20(18-8-6-5-7-9-18)25(34)32-13-12-31(15-17(32)2)26-28-22-14-19(27)10-11-21(22)24-30-29-23(16-35-3)33(24)26/h5-11,14,17,20H,4,12-13,15-16H2,1-3H3. The van der Waals surface area contributed by atoms with Crippen molar-refractivity contribution in [3.05, 3.63) is 64.9 Å². The van der Waals surface area contributed by atoms with Gasteiger partial charge in [-0.3, -0.25) is 4.79 Å². The molecular weight excluding hydrogens is 464 g/mol. The molecule has 1 amide bonds. The number of benzene rings is 2. The zero-order valence-corrected chi connectivity index (χ0v) is 20.9. The molecule has 4 aromatic rings. The van der Waals surface area contributed by atoms with E-state index in [1.165, 1.54) is 0 Å². The number of carbonyl (C=O) groups is 1.